The first-order valence-electron chi connectivity index (χ1n) is 8.14. The van der Waals surface area contributed by atoms with E-state index >= 15 is 0 Å². The molecular formula is C19H17ClF2N2O3. The molecule has 0 aliphatic carbocycles. The highest BCUT2D eigenvalue weighted by Gasteiger charge is 2.12. The highest BCUT2D eigenvalue weighted by molar-refractivity contribution is 6.31. The molecule has 5 nitrogen and oxygen atoms in total. The Bertz CT molecular complexity index is 959. The molecule has 27 heavy (non-hydrogen) atoms. The number of carbonyl (C=O) groups is 1. The van der Waals surface area contributed by atoms with Crippen LogP contribution < -0.4 is 14.8 Å². The van der Waals surface area contributed by atoms with Gasteiger partial charge in [0.2, 0.25) is 0 Å². The van der Waals surface area contributed by atoms with Gasteiger partial charge in [0.1, 0.15) is 5.69 Å². The molecule has 1 heterocycles. The average molecular weight is 395 g/mol. The molecule has 1 amide bonds. The summed E-state index contributed by atoms with van der Waals surface area (Å²) in [6, 6.07) is 11.7. The van der Waals surface area contributed by atoms with Crippen molar-refractivity contribution in [3.8, 4) is 11.5 Å². The van der Waals surface area contributed by atoms with Crippen molar-refractivity contribution in [1.82, 2.24) is 10.3 Å². The molecule has 3 rings (SSSR count). The molecule has 142 valence electrons. The topological polar surface area (TPSA) is 63.3 Å². The number of hydrogen-bond donors (Lipinski definition) is 2. The number of alkyl halides is 2. The highest BCUT2D eigenvalue weighted by Crippen LogP contribution is 2.29. The summed E-state index contributed by atoms with van der Waals surface area (Å²) in [5.74, 6) is -0.0596. The number of aromatic amines is 1. The number of nitrogens with one attached hydrogen (secondary N) is 2. The molecule has 0 aliphatic heterocycles. The fourth-order valence-electron chi connectivity index (χ4n) is 2.70. The molecule has 0 radical (unpaired) electrons. The molecule has 0 bridgehead atoms. The number of benzene rings is 2. The van der Waals surface area contributed by atoms with Gasteiger partial charge in [0.15, 0.2) is 11.5 Å². The lowest BCUT2D eigenvalue weighted by Gasteiger charge is -2.11. The van der Waals surface area contributed by atoms with E-state index in [0.717, 1.165) is 16.5 Å². The molecule has 0 saturated carbocycles. The number of aromatic nitrogens is 1. The number of methoxy groups -OCH3 is 1. The van der Waals surface area contributed by atoms with E-state index in [-0.39, 0.29) is 17.4 Å². The first kappa shape index (κ1) is 19.0. The number of hydrogen-bond acceptors (Lipinski definition) is 3. The smallest absolute Gasteiger partial charge is 0.387 e. The van der Waals surface area contributed by atoms with Gasteiger partial charge in [-0.15, -0.1) is 0 Å². The second-order valence-corrected chi connectivity index (χ2v) is 6.22. The van der Waals surface area contributed by atoms with E-state index < -0.39 is 6.61 Å². The van der Waals surface area contributed by atoms with Gasteiger partial charge in [0.25, 0.3) is 5.91 Å². The standard InChI is InChI=1S/C19H17ClF2N2O3/c1-26-17-8-11(2-5-16(17)27-19(21)22)6-7-23-18(25)15-10-12-9-13(20)3-4-14(12)24-15/h2-5,8-10,19,24H,6-7H2,1H3,(H,23,25). The second-order valence-electron chi connectivity index (χ2n) is 5.78. The van der Waals surface area contributed by atoms with Crippen LogP contribution in [0.25, 0.3) is 10.9 Å². The van der Waals surface area contributed by atoms with Crippen molar-refractivity contribution in [3.05, 3.63) is 58.7 Å². The molecule has 1 aromatic heterocycles. The number of rotatable bonds is 7. The molecule has 2 aromatic carbocycles. The Hall–Kier alpha value is -2.80. The Morgan fingerprint density at radius 2 is 2.00 bits per heavy atom. The van der Waals surface area contributed by atoms with Gasteiger partial charge in [-0.3, -0.25) is 4.79 Å². The van der Waals surface area contributed by atoms with Gasteiger partial charge < -0.3 is 19.8 Å². The maximum Gasteiger partial charge on any atom is 0.387 e. The summed E-state index contributed by atoms with van der Waals surface area (Å²) in [6.45, 7) is -2.55. The monoisotopic (exact) mass is 394 g/mol. The quantitative estimate of drug-likeness (QED) is 0.624. The van der Waals surface area contributed by atoms with Crippen molar-refractivity contribution in [1.29, 1.82) is 0 Å². The SMILES string of the molecule is COc1cc(CCNC(=O)c2cc3cc(Cl)ccc3[nH]2)ccc1OC(F)F. The first-order chi connectivity index (χ1) is 13.0. The van der Waals surface area contributed by atoms with Crippen LogP contribution in [0, 0.1) is 0 Å². The first-order valence-corrected chi connectivity index (χ1v) is 8.52. The predicted octanol–water partition coefficient (Wildman–Crippen LogP) is 4.40. The zero-order valence-electron chi connectivity index (χ0n) is 14.4. The predicted molar refractivity (Wildman–Crippen MR) is 99.0 cm³/mol. The van der Waals surface area contributed by atoms with Crippen LogP contribution in [0.1, 0.15) is 16.1 Å². The van der Waals surface area contributed by atoms with Crippen LogP contribution in [0.4, 0.5) is 8.78 Å². The number of amides is 1. The van der Waals surface area contributed by atoms with E-state index in [9.17, 15) is 13.6 Å². The molecule has 0 saturated heterocycles. The lowest BCUT2D eigenvalue weighted by molar-refractivity contribution is -0.0512. The Morgan fingerprint density at radius 3 is 2.74 bits per heavy atom. The molecule has 2 N–H and O–H groups in total. The summed E-state index contributed by atoms with van der Waals surface area (Å²) in [5.41, 5.74) is 2.08. The molecular weight excluding hydrogens is 378 g/mol. The van der Waals surface area contributed by atoms with E-state index in [1.54, 1.807) is 30.3 Å². The van der Waals surface area contributed by atoms with Crippen molar-refractivity contribution in [2.75, 3.05) is 13.7 Å². The summed E-state index contributed by atoms with van der Waals surface area (Å²) in [7, 11) is 1.38. The van der Waals surface area contributed by atoms with Crippen molar-refractivity contribution in [3.63, 3.8) is 0 Å². The van der Waals surface area contributed by atoms with Crippen molar-refractivity contribution in [2.24, 2.45) is 0 Å². The average Bonchev–Trinajstić information content (AvgIpc) is 3.05. The van der Waals surface area contributed by atoms with Crippen LogP contribution in [0.3, 0.4) is 0 Å². The van der Waals surface area contributed by atoms with Crippen LogP contribution in [0.15, 0.2) is 42.5 Å². The minimum absolute atomic E-state index is 0.0305. The number of carbonyl (C=O) groups excluding carboxylic acids is 1. The Kier molecular flexibility index (Phi) is 5.81. The maximum atomic E-state index is 12.4. The second kappa shape index (κ2) is 8.26. The lowest BCUT2D eigenvalue weighted by atomic mass is 10.1. The summed E-state index contributed by atoms with van der Waals surface area (Å²) in [5, 5.41) is 4.26. The third-order valence-corrected chi connectivity index (χ3v) is 4.21. The fourth-order valence-corrected chi connectivity index (χ4v) is 2.88. The lowest BCUT2D eigenvalue weighted by Crippen LogP contribution is -2.25. The van der Waals surface area contributed by atoms with Crippen molar-refractivity contribution < 1.29 is 23.0 Å². The van der Waals surface area contributed by atoms with Gasteiger partial charge in [0, 0.05) is 22.5 Å². The minimum Gasteiger partial charge on any atom is -0.493 e. The van der Waals surface area contributed by atoms with Crippen LogP contribution in [0.2, 0.25) is 5.02 Å². The fraction of sp³-hybridized carbons (Fsp3) is 0.211. The molecule has 3 aromatic rings. The molecule has 0 unspecified atom stereocenters. The van der Waals surface area contributed by atoms with Crippen LogP contribution in [-0.4, -0.2) is 31.2 Å². The van der Waals surface area contributed by atoms with E-state index in [1.165, 1.54) is 13.2 Å². The largest absolute Gasteiger partial charge is 0.493 e. The van der Waals surface area contributed by atoms with Crippen molar-refractivity contribution >= 4 is 28.4 Å². The zero-order valence-corrected chi connectivity index (χ0v) is 15.1. The van der Waals surface area contributed by atoms with E-state index in [2.05, 4.69) is 15.0 Å². The number of halogens is 3. The molecule has 0 spiro atoms. The van der Waals surface area contributed by atoms with Gasteiger partial charge in [-0.05, 0) is 48.4 Å². The van der Waals surface area contributed by atoms with Gasteiger partial charge in [-0.1, -0.05) is 17.7 Å². The third kappa shape index (κ3) is 4.68. The number of H-pyrrole nitrogens is 1. The van der Waals surface area contributed by atoms with Gasteiger partial charge in [-0.25, -0.2) is 0 Å². The summed E-state index contributed by atoms with van der Waals surface area (Å²) in [6.07, 6.45) is 0.503. The van der Waals surface area contributed by atoms with E-state index in [0.29, 0.717) is 23.7 Å². The zero-order chi connectivity index (χ0) is 19.4. The Labute approximate surface area is 159 Å². The maximum absolute atomic E-state index is 12.4. The van der Waals surface area contributed by atoms with Crippen LogP contribution >= 0.6 is 11.6 Å². The van der Waals surface area contributed by atoms with Crippen LogP contribution in [-0.2, 0) is 6.42 Å². The van der Waals surface area contributed by atoms with Crippen molar-refractivity contribution in [2.45, 2.75) is 13.0 Å². The van der Waals surface area contributed by atoms with Gasteiger partial charge in [0.05, 0.1) is 7.11 Å². The third-order valence-electron chi connectivity index (χ3n) is 3.97. The molecule has 0 atom stereocenters. The molecule has 0 fully saturated rings. The Morgan fingerprint density at radius 1 is 1.19 bits per heavy atom. The summed E-state index contributed by atoms with van der Waals surface area (Å²) >= 11 is 5.95. The molecule has 0 aliphatic rings. The Balaban J connectivity index is 1.60. The van der Waals surface area contributed by atoms with E-state index in [1.807, 2.05) is 6.07 Å². The van der Waals surface area contributed by atoms with E-state index in [4.69, 9.17) is 16.3 Å². The van der Waals surface area contributed by atoms with Gasteiger partial charge >= 0.3 is 6.61 Å². The number of ether oxygens (including phenoxy) is 2. The highest BCUT2D eigenvalue weighted by atomic mass is 35.5. The van der Waals surface area contributed by atoms with Crippen LogP contribution in [0.5, 0.6) is 11.5 Å². The normalized spacial score (nSPS) is 11.0. The number of fused-ring (bicyclic) bond motifs is 1. The molecule has 8 heteroatoms. The van der Waals surface area contributed by atoms with Gasteiger partial charge in [-0.2, -0.15) is 8.78 Å². The minimum atomic E-state index is -2.92. The summed E-state index contributed by atoms with van der Waals surface area (Å²) < 4.78 is 34.2. The summed E-state index contributed by atoms with van der Waals surface area (Å²) in [4.78, 5) is 15.3.